The van der Waals surface area contributed by atoms with Gasteiger partial charge in [0.2, 0.25) is 0 Å². The molecule has 2 N–H and O–H groups in total. The first-order valence-electron chi connectivity index (χ1n) is 10.3. The normalized spacial score (nSPS) is 14.7. The summed E-state index contributed by atoms with van der Waals surface area (Å²) >= 11 is 1.52. The predicted octanol–water partition coefficient (Wildman–Crippen LogP) is 5.71. The summed E-state index contributed by atoms with van der Waals surface area (Å²) in [6.07, 6.45) is 12.1. The van der Waals surface area contributed by atoms with Crippen molar-refractivity contribution in [2.45, 2.75) is 45.4 Å². The Balaban J connectivity index is 0.000000249. The molecule has 152 valence electrons. The Morgan fingerprint density at radius 2 is 2.00 bits per heavy atom. The third-order valence-electron chi connectivity index (χ3n) is 5.55. The van der Waals surface area contributed by atoms with E-state index in [1.165, 1.54) is 49.0 Å². The zero-order valence-electron chi connectivity index (χ0n) is 17.1. The smallest absolute Gasteiger partial charge is 0.181 e. The van der Waals surface area contributed by atoms with Crippen molar-refractivity contribution in [3.8, 4) is 5.75 Å². The number of thiazole rings is 1. The van der Waals surface area contributed by atoms with E-state index in [1.54, 1.807) is 7.11 Å². The predicted molar refractivity (Wildman–Crippen MR) is 121 cm³/mol. The van der Waals surface area contributed by atoms with Gasteiger partial charge in [-0.25, -0.2) is 9.97 Å². The number of hydrogen-bond acceptors (Lipinski definition) is 5. The summed E-state index contributed by atoms with van der Waals surface area (Å²) < 4.78 is 8.42. The van der Waals surface area contributed by atoms with Crippen LogP contribution in [0.15, 0.2) is 42.7 Å². The Bertz CT molecular complexity index is 1090. The van der Waals surface area contributed by atoms with Crippen LogP contribution in [0.5, 0.6) is 5.75 Å². The number of pyridine rings is 1. The van der Waals surface area contributed by atoms with Crippen molar-refractivity contribution in [1.82, 2.24) is 14.4 Å². The monoisotopic (exact) mass is 408 g/mol. The fourth-order valence-electron chi connectivity index (χ4n) is 3.88. The van der Waals surface area contributed by atoms with Gasteiger partial charge in [-0.05, 0) is 29.7 Å². The van der Waals surface area contributed by atoms with E-state index < -0.39 is 0 Å². The highest BCUT2D eigenvalue weighted by atomic mass is 32.1. The van der Waals surface area contributed by atoms with E-state index in [0.29, 0.717) is 5.13 Å². The van der Waals surface area contributed by atoms with E-state index in [4.69, 9.17) is 10.5 Å². The van der Waals surface area contributed by atoms with E-state index in [2.05, 4.69) is 33.4 Å². The third-order valence-corrected chi connectivity index (χ3v) is 6.39. The lowest BCUT2D eigenvalue weighted by atomic mass is 9.91. The molecule has 29 heavy (non-hydrogen) atoms. The molecule has 1 fully saturated rings. The minimum Gasteiger partial charge on any atom is -0.497 e. The molecule has 3 heterocycles. The Hall–Kier alpha value is -2.60. The summed E-state index contributed by atoms with van der Waals surface area (Å²) in [4.78, 5) is 8.73. The number of imidazole rings is 1. The lowest BCUT2D eigenvalue weighted by Gasteiger charge is -2.15. The molecule has 0 radical (unpaired) electrons. The number of benzene rings is 1. The lowest BCUT2D eigenvalue weighted by Crippen LogP contribution is -1.99. The largest absolute Gasteiger partial charge is 0.497 e. The van der Waals surface area contributed by atoms with Crippen LogP contribution < -0.4 is 10.5 Å². The molecule has 0 bridgehead atoms. The Labute approximate surface area is 175 Å². The lowest BCUT2D eigenvalue weighted by molar-refractivity contribution is 0.385. The molecule has 1 saturated carbocycles. The van der Waals surface area contributed by atoms with Crippen LogP contribution in [0.4, 0.5) is 5.13 Å². The van der Waals surface area contributed by atoms with Crippen molar-refractivity contribution < 1.29 is 4.74 Å². The molecule has 5 rings (SSSR count). The van der Waals surface area contributed by atoms with E-state index >= 15 is 0 Å². The summed E-state index contributed by atoms with van der Waals surface area (Å²) in [6, 6.07) is 10.1. The van der Waals surface area contributed by atoms with Gasteiger partial charge in [0.1, 0.15) is 11.4 Å². The summed E-state index contributed by atoms with van der Waals surface area (Å²) in [6.45, 7) is 2.36. The molecule has 6 heteroatoms. The molecule has 1 aliphatic rings. The minimum atomic E-state index is 0.606. The third kappa shape index (κ3) is 4.70. The summed E-state index contributed by atoms with van der Waals surface area (Å²) in [7, 11) is 1.66. The maximum absolute atomic E-state index is 5.76. The highest BCUT2D eigenvalue weighted by Crippen LogP contribution is 2.26. The molecule has 0 amide bonds. The number of nitrogens with zero attached hydrogens (tertiary/aromatic N) is 3. The van der Waals surface area contributed by atoms with Crippen molar-refractivity contribution >= 4 is 32.3 Å². The van der Waals surface area contributed by atoms with E-state index in [1.807, 2.05) is 30.6 Å². The van der Waals surface area contributed by atoms with Gasteiger partial charge in [0, 0.05) is 30.6 Å². The van der Waals surface area contributed by atoms with Crippen LogP contribution in [0, 0.1) is 5.92 Å². The number of anilines is 1. The SMILES string of the molecule is CC1CCCCC1.COc1ccn2c(Cc3ccc4nc(N)sc4c3)cnc2c1. The molecule has 0 unspecified atom stereocenters. The molecule has 0 saturated heterocycles. The number of nitrogen functional groups attached to an aromatic ring is 1. The van der Waals surface area contributed by atoms with Crippen LogP contribution in [0.1, 0.15) is 50.3 Å². The van der Waals surface area contributed by atoms with Crippen molar-refractivity contribution in [3.63, 3.8) is 0 Å². The summed E-state index contributed by atoms with van der Waals surface area (Å²) in [5.41, 5.74) is 9.95. The fourth-order valence-corrected chi connectivity index (χ4v) is 4.68. The van der Waals surface area contributed by atoms with Gasteiger partial charge in [-0.1, -0.05) is 56.4 Å². The average molecular weight is 409 g/mol. The number of rotatable bonds is 3. The van der Waals surface area contributed by atoms with Gasteiger partial charge in [-0.2, -0.15) is 0 Å². The molecule has 0 aliphatic heterocycles. The Morgan fingerprint density at radius 1 is 1.17 bits per heavy atom. The number of fused-ring (bicyclic) bond motifs is 2. The topological polar surface area (TPSA) is 65.4 Å². The van der Waals surface area contributed by atoms with Gasteiger partial charge < -0.3 is 14.9 Å². The van der Waals surface area contributed by atoms with Crippen LogP contribution in [-0.4, -0.2) is 21.5 Å². The van der Waals surface area contributed by atoms with Crippen LogP contribution in [0.25, 0.3) is 15.9 Å². The van der Waals surface area contributed by atoms with Crippen molar-refractivity contribution in [1.29, 1.82) is 0 Å². The van der Waals surface area contributed by atoms with Crippen LogP contribution in [0.2, 0.25) is 0 Å². The number of nitrogens with two attached hydrogens (primary N) is 1. The second kappa shape index (κ2) is 8.82. The maximum atomic E-state index is 5.76. The Morgan fingerprint density at radius 3 is 2.72 bits per heavy atom. The highest BCUT2D eigenvalue weighted by Gasteiger charge is 2.08. The minimum absolute atomic E-state index is 0.606. The fraction of sp³-hybridized carbons (Fsp3) is 0.391. The molecule has 0 spiro atoms. The van der Waals surface area contributed by atoms with Gasteiger partial charge >= 0.3 is 0 Å². The van der Waals surface area contributed by atoms with Crippen molar-refractivity contribution in [2.75, 3.05) is 12.8 Å². The van der Waals surface area contributed by atoms with Gasteiger partial charge in [0.05, 0.1) is 17.3 Å². The second-order valence-electron chi connectivity index (χ2n) is 7.82. The number of methoxy groups -OCH3 is 1. The van der Waals surface area contributed by atoms with Gasteiger partial charge in [0.15, 0.2) is 5.13 Å². The van der Waals surface area contributed by atoms with Crippen LogP contribution in [0.3, 0.4) is 0 Å². The van der Waals surface area contributed by atoms with E-state index in [0.717, 1.165) is 39.6 Å². The molecular weight excluding hydrogens is 380 g/mol. The van der Waals surface area contributed by atoms with E-state index in [-0.39, 0.29) is 0 Å². The van der Waals surface area contributed by atoms with Gasteiger partial charge in [0.25, 0.3) is 0 Å². The van der Waals surface area contributed by atoms with Crippen molar-refractivity contribution in [2.24, 2.45) is 5.92 Å². The number of ether oxygens (including phenoxy) is 1. The molecule has 1 aromatic carbocycles. The standard InChI is InChI=1S/C16H14N4OS.C7H14/c1-21-12-4-5-20-11(9-18-15(20)8-12)6-10-2-3-13-14(7-10)22-16(17)19-13;1-7-5-3-2-4-6-7/h2-5,7-9H,6H2,1H3,(H2,17,19);7H,2-6H2,1H3. The van der Waals surface area contributed by atoms with Crippen LogP contribution >= 0.6 is 11.3 Å². The average Bonchev–Trinajstić information content (AvgIpc) is 3.30. The zero-order valence-corrected chi connectivity index (χ0v) is 17.9. The molecule has 4 aromatic rings. The quantitative estimate of drug-likeness (QED) is 0.471. The maximum Gasteiger partial charge on any atom is 0.181 e. The summed E-state index contributed by atoms with van der Waals surface area (Å²) in [5.74, 6) is 1.85. The van der Waals surface area contributed by atoms with E-state index in [9.17, 15) is 0 Å². The molecule has 0 atom stereocenters. The van der Waals surface area contributed by atoms with Gasteiger partial charge in [-0.15, -0.1) is 0 Å². The molecule has 3 aromatic heterocycles. The number of hydrogen-bond donors (Lipinski definition) is 1. The molecular formula is C23H28N4OS. The first kappa shape index (κ1) is 19.7. The highest BCUT2D eigenvalue weighted by molar-refractivity contribution is 7.22. The Kier molecular flexibility index (Phi) is 6.00. The molecule has 1 aliphatic carbocycles. The first-order valence-corrected chi connectivity index (χ1v) is 11.1. The second-order valence-corrected chi connectivity index (χ2v) is 8.88. The summed E-state index contributed by atoms with van der Waals surface area (Å²) in [5, 5.41) is 0.606. The van der Waals surface area contributed by atoms with Crippen molar-refractivity contribution in [3.05, 3.63) is 54.0 Å². The first-order chi connectivity index (χ1) is 14.1. The zero-order chi connectivity index (χ0) is 20.2. The molecule has 5 nitrogen and oxygen atoms in total. The number of aromatic nitrogens is 3. The van der Waals surface area contributed by atoms with Crippen LogP contribution in [-0.2, 0) is 6.42 Å². The van der Waals surface area contributed by atoms with Gasteiger partial charge in [-0.3, -0.25) is 0 Å².